The first kappa shape index (κ1) is 66.4. The number of hydrogen-bond donors (Lipinski definition) is 0. The van der Waals surface area contributed by atoms with E-state index in [-0.39, 0.29) is 39.5 Å². The standard InChI is InChI=1S/2C17H22BN3O4.C12H24B2O4.C11H10BrN3O2/c2*1-6-20-11-14(18-24-16(2,3)17(4,5)25-18)15(19-20)12-8-7-9-13(10-12)21(22)23;1-9(2)10(3,4)16-13(15-9)14-17-11(5,6)12(7,8)18-14;1-2-14-7-10(12)11(13-14)8-4-3-5-9(6-8)15(16)17/h2*7-11H,6H2,1-5H3;1-8H3;3-7H,2H2,1H3. The van der Waals surface area contributed by atoms with Gasteiger partial charge in [-0.3, -0.25) is 44.4 Å². The van der Waals surface area contributed by atoms with Crippen molar-refractivity contribution in [3.05, 3.63) is 126 Å². The lowest BCUT2D eigenvalue weighted by Crippen LogP contribution is -2.41. The highest BCUT2D eigenvalue weighted by atomic mass is 79.9. The second-order valence-electron chi connectivity index (χ2n) is 25.1. The van der Waals surface area contributed by atoms with Crippen LogP contribution in [0.25, 0.3) is 33.8 Å². The van der Waals surface area contributed by atoms with E-state index in [1.807, 2.05) is 162 Å². The second kappa shape index (κ2) is 24.6. The van der Waals surface area contributed by atoms with Crippen LogP contribution in [-0.2, 0) is 56.9 Å². The number of non-ortho nitro benzene ring substituents is 3. The minimum Gasteiger partial charge on any atom is -0.405 e. The molecule has 4 aliphatic rings. The minimum absolute atomic E-state index is 0.0309. The van der Waals surface area contributed by atoms with E-state index in [1.165, 1.54) is 36.4 Å². The number of nitrogens with zero attached hydrogens (tertiary/aromatic N) is 9. The van der Waals surface area contributed by atoms with Gasteiger partial charge in [-0.1, -0.05) is 36.4 Å². The van der Waals surface area contributed by atoms with Gasteiger partial charge in [0, 0.05) is 102 Å². The summed E-state index contributed by atoms with van der Waals surface area (Å²) in [5.74, 6) is 0. The molecule has 4 fully saturated rings. The van der Waals surface area contributed by atoms with Gasteiger partial charge >= 0.3 is 28.3 Å². The van der Waals surface area contributed by atoms with Crippen molar-refractivity contribution < 1.29 is 52.0 Å². The van der Waals surface area contributed by atoms with E-state index in [2.05, 4.69) is 31.2 Å². The molecule has 28 heteroatoms. The van der Waals surface area contributed by atoms with Gasteiger partial charge in [0.25, 0.3) is 17.1 Å². The monoisotopic (exact) mass is 1240 g/mol. The smallest absolute Gasteiger partial charge is 0.405 e. The topological polar surface area (TPSA) is 257 Å². The third-order valence-corrected chi connectivity index (χ3v) is 17.6. The summed E-state index contributed by atoms with van der Waals surface area (Å²) in [6, 6.07) is 19.4. The van der Waals surface area contributed by atoms with E-state index in [0.29, 0.717) is 35.6 Å². The quantitative estimate of drug-likeness (QED) is 0.0627. The Balaban J connectivity index is 0.000000165. The zero-order valence-corrected chi connectivity index (χ0v) is 53.8. The summed E-state index contributed by atoms with van der Waals surface area (Å²) >= 11 is 3.40. The van der Waals surface area contributed by atoms with Crippen LogP contribution in [0.5, 0.6) is 0 Å². The lowest BCUT2D eigenvalue weighted by Gasteiger charge is -2.32. The van der Waals surface area contributed by atoms with E-state index in [4.69, 9.17) is 37.2 Å². The molecule has 0 amide bonds. The number of aryl methyl sites for hydroxylation is 3. The van der Waals surface area contributed by atoms with Crippen LogP contribution in [-0.4, -0.2) is 117 Å². The van der Waals surface area contributed by atoms with Crippen LogP contribution >= 0.6 is 15.9 Å². The average molecular weight is 1240 g/mol. The molecular formula is C57H78B4BrN9O14. The fraction of sp³-hybridized carbons (Fsp3) is 0.526. The van der Waals surface area contributed by atoms with Crippen molar-refractivity contribution in [2.45, 2.75) is 196 Å². The summed E-state index contributed by atoms with van der Waals surface area (Å²) in [7, 11) is -2.09. The number of hydrogen-bond acceptors (Lipinski definition) is 17. The molecule has 6 aromatic rings. The maximum atomic E-state index is 11.1. The van der Waals surface area contributed by atoms with Crippen LogP contribution in [0.3, 0.4) is 0 Å². The molecule has 3 aromatic heterocycles. The molecule has 7 heterocycles. The Morgan fingerprint density at radius 3 is 0.918 bits per heavy atom. The predicted octanol–water partition coefficient (Wildman–Crippen LogP) is 11.0. The summed E-state index contributed by atoms with van der Waals surface area (Å²) in [6.07, 6.45) is 5.63. The molecule has 3 aromatic carbocycles. The highest BCUT2D eigenvalue weighted by Crippen LogP contribution is 2.44. The maximum absolute atomic E-state index is 11.1. The van der Waals surface area contributed by atoms with Gasteiger partial charge in [-0.05, 0) is 147 Å². The SMILES string of the molecule is CC1(C)OB(B2OC(C)(C)C(C)(C)O2)OC1(C)C.CCn1cc(B2OC(C)(C)C(C)(C)O2)c(-c2cccc([N+](=O)[O-])c2)n1.CCn1cc(B2OC(C)(C)C(C)(C)O2)c(-c2cccc([N+](=O)[O-])c2)n1.CCn1cc(Br)c(-c2cccc([N+](=O)[O-])c2)n1. The third kappa shape index (κ3) is 14.2. The molecule has 4 aliphatic heterocycles. The fourth-order valence-electron chi connectivity index (χ4n) is 8.99. The van der Waals surface area contributed by atoms with Crippen LogP contribution in [0.2, 0.25) is 0 Å². The Bertz CT molecular complexity index is 3180. The predicted molar refractivity (Wildman–Crippen MR) is 331 cm³/mol. The molecule has 0 radical (unpaired) electrons. The highest BCUT2D eigenvalue weighted by Gasteiger charge is 2.64. The van der Waals surface area contributed by atoms with Crippen molar-refractivity contribution in [2.24, 2.45) is 0 Å². The van der Waals surface area contributed by atoms with Gasteiger partial charge in [0.15, 0.2) is 0 Å². The number of benzene rings is 3. The van der Waals surface area contributed by atoms with Crippen molar-refractivity contribution in [3.8, 4) is 33.8 Å². The highest BCUT2D eigenvalue weighted by molar-refractivity contribution is 9.10. The number of nitro benzene ring substituents is 3. The third-order valence-electron chi connectivity index (χ3n) is 17.0. The molecule has 85 heavy (non-hydrogen) atoms. The molecule has 0 spiro atoms. The van der Waals surface area contributed by atoms with Gasteiger partial charge in [-0.2, -0.15) is 15.3 Å². The minimum atomic E-state index is -0.570. The molecule has 0 unspecified atom stereocenters. The summed E-state index contributed by atoms with van der Waals surface area (Å²) in [6.45, 7) is 40.2. The maximum Gasteiger partial charge on any atom is 0.498 e. The summed E-state index contributed by atoms with van der Waals surface area (Å²) < 4.78 is 54.6. The van der Waals surface area contributed by atoms with Crippen molar-refractivity contribution in [1.82, 2.24) is 29.3 Å². The Hall–Kier alpha value is -6.09. The second-order valence-corrected chi connectivity index (χ2v) is 26.0. The van der Waals surface area contributed by atoms with Crippen LogP contribution < -0.4 is 10.9 Å². The van der Waals surface area contributed by atoms with Gasteiger partial charge in [0.1, 0.15) is 5.69 Å². The zero-order valence-electron chi connectivity index (χ0n) is 52.2. The number of rotatable bonds is 12. The molecule has 0 bridgehead atoms. The molecule has 23 nitrogen and oxygen atoms in total. The largest absolute Gasteiger partial charge is 0.498 e. The summed E-state index contributed by atoms with van der Waals surface area (Å²) in [4.78, 5) is 31.7. The van der Waals surface area contributed by atoms with Crippen molar-refractivity contribution >= 4 is 72.2 Å². The van der Waals surface area contributed by atoms with Gasteiger partial charge in [-0.15, -0.1) is 0 Å². The lowest BCUT2D eigenvalue weighted by atomic mass is 9.49. The van der Waals surface area contributed by atoms with Crippen LogP contribution in [0.1, 0.15) is 132 Å². The van der Waals surface area contributed by atoms with E-state index in [1.54, 1.807) is 38.3 Å². The Labute approximate surface area is 507 Å². The van der Waals surface area contributed by atoms with E-state index in [0.717, 1.165) is 33.2 Å². The number of aromatic nitrogens is 6. The molecule has 0 N–H and O–H groups in total. The summed E-state index contributed by atoms with van der Waals surface area (Å²) in [5, 5.41) is 46.4. The van der Waals surface area contributed by atoms with Crippen molar-refractivity contribution in [2.75, 3.05) is 0 Å². The molecule has 10 rings (SSSR count). The molecule has 0 saturated carbocycles. The van der Waals surface area contributed by atoms with Crippen LogP contribution in [0, 0.1) is 30.3 Å². The Morgan fingerprint density at radius 2 is 0.659 bits per heavy atom. The Morgan fingerprint density at radius 1 is 0.412 bits per heavy atom. The molecule has 0 aliphatic carbocycles. The zero-order chi connectivity index (χ0) is 63.2. The first-order valence-corrected chi connectivity index (χ1v) is 29.1. The van der Waals surface area contributed by atoms with Crippen LogP contribution in [0.15, 0.2) is 95.9 Å². The molecular weight excluding hydrogens is 1160 g/mol. The average Bonchev–Trinajstić information content (AvgIpc) is 1.71. The first-order chi connectivity index (χ1) is 39.3. The van der Waals surface area contributed by atoms with E-state index in [9.17, 15) is 30.3 Å². The number of halogens is 1. The van der Waals surface area contributed by atoms with E-state index < -0.39 is 65.4 Å². The fourth-order valence-corrected chi connectivity index (χ4v) is 9.53. The summed E-state index contributed by atoms with van der Waals surface area (Å²) in [5.41, 5.74) is 2.47. The molecule has 454 valence electrons. The molecule has 4 saturated heterocycles. The van der Waals surface area contributed by atoms with Crippen LogP contribution in [0.4, 0.5) is 17.1 Å². The first-order valence-electron chi connectivity index (χ1n) is 28.3. The molecule has 0 atom stereocenters. The lowest BCUT2D eigenvalue weighted by molar-refractivity contribution is -0.385. The normalized spacial score (nSPS) is 19.8. The van der Waals surface area contributed by atoms with E-state index >= 15 is 0 Å². The number of nitro groups is 3. The van der Waals surface area contributed by atoms with Crippen molar-refractivity contribution in [1.29, 1.82) is 0 Å². The van der Waals surface area contributed by atoms with Gasteiger partial charge in [-0.25, -0.2) is 0 Å². The van der Waals surface area contributed by atoms with Gasteiger partial charge < -0.3 is 37.2 Å². The van der Waals surface area contributed by atoms with Gasteiger partial charge in [0.2, 0.25) is 0 Å². The van der Waals surface area contributed by atoms with Gasteiger partial charge in [0.05, 0.1) is 75.4 Å². The Kier molecular flexibility index (Phi) is 19.2. The van der Waals surface area contributed by atoms with Crippen molar-refractivity contribution in [3.63, 3.8) is 0 Å².